The number of nitrogens with one attached hydrogen (secondary N) is 1. The molecule has 142 valence electrons. The molecule has 0 unspecified atom stereocenters. The molecule has 0 radical (unpaired) electrons. The molecule has 0 aliphatic heterocycles. The summed E-state index contributed by atoms with van der Waals surface area (Å²) in [6, 6.07) is 6.18. The number of thioether (sulfide) groups is 1. The molecule has 0 saturated carbocycles. The first-order valence-corrected chi connectivity index (χ1v) is 11.6. The van der Waals surface area contributed by atoms with Crippen molar-refractivity contribution >= 4 is 40.3 Å². The first-order valence-electron chi connectivity index (χ1n) is 9.00. The maximum atomic E-state index is 12.3. The fourth-order valence-electron chi connectivity index (χ4n) is 3.10. The van der Waals surface area contributed by atoms with Crippen LogP contribution in [-0.2, 0) is 24.2 Å². The molecule has 8 heteroatoms. The second kappa shape index (κ2) is 8.16. The Morgan fingerprint density at radius 2 is 2.37 bits per heavy atom. The molecule has 0 fully saturated rings. The van der Waals surface area contributed by atoms with Gasteiger partial charge in [0.25, 0.3) is 11.1 Å². The highest BCUT2D eigenvalue weighted by molar-refractivity contribution is 8.00. The van der Waals surface area contributed by atoms with Crippen molar-refractivity contribution in [2.24, 2.45) is 5.92 Å². The van der Waals surface area contributed by atoms with Gasteiger partial charge in [-0.3, -0.25) is 4.79 Å². The quantitative estimate of drug-likeness (QED) is 0.582. The number of carbonyl (C=O) groups excluding carboxylic acids is 1. The topological polar surface area (TPSA) is 68.0 Å². The summed E-state index contributed by atoms with van der Waals surface area (Å²) in [5.74, 6) is 1.26. The summed E-state index contributed by atoms with van der Waals surface area (Å²) >= 11 is 4.68. The maximum Gasteiger partial charge on any atom is 0.277 e. The van der Waals surface area contributed by atoms with Crippen molar-refractivity contribution in [2.45, 2.75) is 50.1 Å². The zero-order valence-electron chi connectivity index (χ0n) is 15.2. The first-order chi connectivity index (χ1) is 13.1. The summed E-state index contributed by atoms with van der Waals surface area (Å²) < 4.78 is 5.82. The van der Waals surface area contributed by atoms with Gasteiger partial charge in [0.1, 0.15) is 0 Å². The molecule has 0 aromatic carbocycles. The Bertz CT molecular complexity index is 917. The van der Waals surface area contributed by atoms with Crippen LogP contribution in [0.4, 0.5) is 0 Å². The van der Waals surface area contributed by atoms with Crippen molar-refractivity contribution in [1.29, 1.82) is 0 Å². The van der Waals surface area contributed by atoms with Gasteiger partial charge in [0.05, 0.1) is 16.7 Å². The van der Waals surface area contributed by atoms with Crippen molar-refractivity contribution in [3.63, 3.8) is 0 Å². The third-order valence-corrected chi connectivity index (χ3v) is 7.65. The average Bonchev–Trinajstić information content (AvgIpc) is 3.39. The van der Waals surface area contributed by atoms with Gasteiger partial charge in [-0.15, -0.1) is 32.9 Å². The predicted molar refractivity (Wildman–Crippen MR) is 110 cm³/mol. The van der Waals surface area contributed by atoms with Crippen molar-refractivity contribution in [3.05, 3.63) is 38.9 Å². The number of fused-ring (bicyclic) bond motifs is 1. The average molecular weight is 420 g/mol. The number of carbonyl (C=O) groups is 1. The van der Waals surface area contributed by atoms with Crippen LogP contribution in [0.5, 0.6) is 0 Å². The Hall–Kier alpha value is -1.64. The molecule has 1 aliphatic carbocycles. The van der Waals surface area contributed by atoms with E-state index in [4.69, 9.17) is 4.42 Å². The van der Waals surface area contributed by atoms with E-state index in [1.165, 1.54) is 28.6 Å². The molecule has 0 spiro atoms. The van der Waals surface area contributed by atoms with Crippen LogP contribution in [-0.4, -0.2) is 21.4 Å². The van der Waals surface area contributed by atoms with Crippen LogP contribution >= 0.6 is 34.4 Å². The van der Waals surface area contributed by atoms with Crippen LogP contribution in [0.1, 0.15) is 35.6 Å². The molecule has 0 saturated heterocycles. The third kappa shape index (κ3) is 4.44. The van der Waals surface area contributed by atoms with Crippen LogP contribution in [0.15, 0.2) is 33.2 Å². The number of nitrogens with zero attached hydrogens (tertiary/aromatic N) is 2. The lowest BCUT2D eigenvalue weighted by atomic mass is 9.90. The predicted octanol–water partition coefficient (Wildman–Crippen LogP) is 4.78. The standard InChI is InChI=1S/C19H21N3O2S3/c1-11-5-6-15-13(8-11)9-16(27-15)18-21-22-19(24-18)26-12(2)17(23)20-10-14-4-3-7-25-14/h3-4,7,9,11-12H,5-6,8,10H2,1-2H3,(H,20,23)/t11-,12-/m0/s1. The van der Waals surface area contributed by atoms with Crippen molar-refractivity contribution in [3.8, 4) is 10.8 Å². The SMILES string of the molecule is C[C@H]1CCc2sc(-c3nnc(S[C@@H](C)C(=O)NCc4cccs4)o3)cc2C1. The lowest BCUT2D eigenvalue weighted by Gasteiger charge is -2.16. The Morgan fingerprint density at radius 3 is 3.19 bits per heavy atom. The van der Waals surface area contributed by atoms with Gasteiger partial charge in [-0.05, 0) is 55.2 Å². The molecule has 4 rings (SSSR count). The largest absolute Gasteiger partial charge is 0.410 e. The maximum absolute atomic E-state index is 12.3. The van der Waals surface area contributed by atoms with Gasteiger partial charge in [0.2, 0.25) is 5.91 Å². The number of rotatable bonds is 6. The summed E-state index contributed by atoms with van der Waals surface area (Å²) in [4.78, 5) is 15.9. The second-order valence-corrected chi connectivity index (χ2v) is 10.3. The lowest BCUT2D eigenvalue weighted by molar-refractivity contribution is -0.120. The number of thiophene rings is 2. The summed E-state index contributed by atoms with van der Waals surface area (Å²) in [6.45, 7) is 4.70. The minimum absolute atomic E-state index is 0.0336. The Labute approximate surface area is 170 Å². The number of hydrogen-bond acceptors (Lipinski definition) is 7. The van der Waals surface area contributed by atoms with Gasteiger partial charge < -0.3 is 9.73 Å². The highest BCUT2D eigenvalue weighted by Gasteiger charge is 2.22. The molecule has 2 atom stereocenters. The van der Waals surface area contributed by atoms with Crippen LogP contribution < -0.4 is 5.32 Å². The van der Waals surface area contributed by atoms with Crippen LogP contribution in [0, 0.1) is 5.92 Å². The zero-order chi connectivity index (χ0) is 18.8. The smallest absolute Gasteiger partial charge is 0.277 e. The van der Waals surface area contributed by atoms with Crippen molar-refractivity contribution in [2.75, 3.05) is 0 Å². The Morgan fingerprint density at radius 1 is 1.48 bits per heavy atom. The Balaban J connectivity index is 1.37. The summed E-state index contributed by atoms with van der Waals surface area (Å²) in [5, 5.41) is 13.4. The fourth-order valence-corrected chi connectivity index (χ4v) is 5.59. The minimum atomic E-state index is -0.296. The van der Waals surface area contributed by atoms with Gasteiger partial charge in [-0.1, -0.05) is 24.8 Å². The van der Waals surface area contributed by atoms with E-state index in [1.54, 1.807) is 22.7 Å². The molecule has 3 aromatic rings. The molecular weight excluding hydrogens is 398 g/mol. The van der Waals surface area contributed by atoms with Gasteiger partial charge in [-0.25, -0.2) is 0 Å². The van der Waals surface area contributed by atoms with Gasteiger partial charge in [0.15, 0.2) is 0 Å². The first kappa shape index (κ1) is 18.7. The van der Waals surface area contributed by atoms with Gasteiger partial charge in [-0.2, -0.15) is 0 Å². The summed E-state index contributed by atoms with van der Waals surface area (Å²) in [5.41, 5.74) is 1.42. The van der Waals surface area contributed by atoms with Crippen molar-refractivity contribution in [1.82, 2.24) is 15.5 Å². The lowest BCUT2D eigenvalue weighted by Crippen LogP contribution is -2.30. The molecule has 1 aliphatic rings. The highest BCUT2D eigenvalue weighted by atomic mass is 32.2. The van der Waals surface area contributed by atoms with Crippen molar-refractivity contribution < 1.29 is 9.21 Å². The molecule has 1 N–H and O–H groups in total. The highest BCUT2D eigenvalue weighted by Crippen LogP contribution is 2.37. The number of aromatic nitrogens is 2. The van der Waals surface area contributed by atoms with E-state index in [0.717, 1.165) is 28.5 Å². The summed E-state index contributed by atoms with van der Waals surface area (Å²) in [6.07, 6.45) is 3.51. The third-order valence-electron chi connectivity index (χ3n) is 4.61. The normalized spacial score (nSPS) is 17.5. The fraction of sp³-hybridized carbons (Fsp3) is 0.421. The molecule has 3 aromatic heterocycles. The number of aryl methyl sites for hydroxylation is 1. The van der Waals surface area contributed by atoms with Crippen LogP contribution in [0.2, 0.25) is 0 Å². The molecule has 27 heavy (non-hydrogen) atoms. The van der Waals surface area contributed by atoms with E-state index in [2.05, 4.69) is 28.5 Å². The molecule has 5 nitrogen and oxygen atoms in total. The second-order valence-electron chi connectivity index (χ2n) is 6.84. The summed E-state index contributed by atoms with van der Waals surface area (Å²) in [7, 11) is 0. The molecule has 1 amide bonds. The zero-order valence-corrected chi connectivity index (χ0v) is 17.7. The molecule has 3 heterocycles. The van der Waals surface area contributed by atoms with E-state index >= 15 is 0 Å². The van der Waals surface area contributed by atoms with E-state index in [0.29, 0.717) is 17.7 Å². The van der Waals surface area contributed by atoms with Crippen LogP contribution in [0.3, 0.4) is 0 Å². The van der Waals surface area contributed by atoms with Gasteiger partial charge in [0, 0.05) is 9.75 Å². The van der Waals surface area contributed by atoms with Crippen LogP contribution in [0.25, 0.3) is 10.8 Å². The molecular formula is C19H21N3O2S3. The number of amides is 1. The van der Waals surface area contributed by atoms with E-state index in [-0.39, 0.29) is 11.2 Å². The minimum Gasteiger partial charge on any atom is -0.410 e. The monoisotopic (exact) mass is 419 g/mol. The van der Waals surface area contributed by atoms with Gasteiger partial charge >= 0.3 is 0 Å². The Kier molecular flexibility index (Phi) is 5.66. The van der Waals surface area contributed by atoms with E-state index in [9.17, 15) is 4.79 Å². The number of hydrogen-bond donors (Lipinski definition) is 1. The van der Waals surface area contributed by atoms with E-state index < -0.39 is 0 Å². The van der Waals surface area contributed by atoms with E-state index in [1.807, 2.05) is 24.4 Å². The molecule has 0 bridgehead atoms.